The first-order valence-electron chi connectivity index (χ1n) is 7.04. The first-order chi connectivity index (χ1) is 11.0. The smallest absolute Gasteiger partial charge is 0.342 e. The fraction of sp³-hybridized carbons (Fsp3) is 0.333. The highest BCUT2D eigenvalue weighted by molar-refractivity contribution is 8.00. The van der Waals surface area contributed by atoms with Crippen LogP contribution in [0.25, 0.3) is 0 Å². The minimum absolute atomic E-state index is 0.0660. The van der Waals surface area contributed by atoms with Gasteiger partial charge in [0.25, 0.3) is 0 Å². The molecule has 1 aromatic heterocycles. The van der Waals surface area contributed by atoms with E-state index < -0.39 is 4.92 Å². The molecule has 122 valence electrons. The van der Waals surface area contributed by atoms with E-state index in [0.717, 1.165) is 4.90 Å². The molecule has 0 fully saturated rings. The molecule has 0 bridgehead atoms. The summed E-state index contributed by atoms with van der Waals surface area (Å²) in [5.74, 6) is 0.0593. The van der Waals surface area contributed by atoms with E-state index in [4.69, 9.17) is 4.74 Å². The zero-order valence-corrected chi connectivity index (χ0v) is 13.7. The lowest BCUT2D eigenvalue weighted by atomic mass is 10.4. The summed E-state index contributed by atoms with van der Waals surface area (Å²) in [6.45, 7) is 3.71. The summed E-state index contributed by atoms with van der Waals surface area (Å²) in [4.78, 5) is 27.2. The van der Waals surface area contributed by atoms with Crippen molar-refractivity contribution in [2.24, 2.45) is 0 Å². The molecule has 0 saturated carbocycles. The molecule has 0 N–H and O–H groups in total. The van der Waals surface area contributed by atoms with Crippen molar-refractivity contribution in [1.82, 2.24) is 9.55 Å². The molecule has 1 heterocycles. The van der Waals surface area contributed by atoms with Crippen molar-refractivity contribution in [3.63, 3.8) is 0 Å². The lowest BCUT2D eigenvalue weighted by Crippen LogP contribution is -2.20. The van der Waals surface area contributed by atoms with Gasteiger partial charge < -0.3 is 14.9 Å². The highest BCUT2D eigenvalue weighted by Crippen LogP contribution is 2.23. The van der Waals surface area contributed by atoms with Crippen LogP contribution in [0.5, 0.6) is 0 Å². The van der Waals surface area contributed by atoms with Crippen molar-refractivity contribution in [1.29, 1.82) is 0 Å². The van der Waals surface area contributed by atoms with E-state index in [1.807, 2.05) is 30.3 Å². The largest absolute Gasteiger partial charge is 0.461 e. The summed E-state index contributed by atoms with van der Waals surface area (Å²) in [7, 11) is 0. The maximum absolute atomic E-state index is 12.0. The van der Waals surface area contributed by atoms with E-state index in [2.05, 4.69) is 4.98 Å². The molecule has 1 atom stereocenters. The van der Waals surface area contributed by atoms with Crippen molar-refractivity contribution in [2.75, 3.05) is 6.61 Å². The third kappa shape index (κ3) is 4.56. The van der Waals surface area contributed by atoms with Crippen LogP contribution in [-0.2, 0) is 16.1 Å². The van der Waals surface area contributed by atoms with Crippen LogP contribution in [0.3, 0.4) is 0 Å². The van der Waals surface area contributed by atoms with Gasteiger partial charge in [-0.15, -0.1) is 11.8 Å². The highest BCUT2D eigenvalue weighted by Gasteiger charge is 2.19. The maximum atomic E-state index is 12.0. The van der Waals surface area contributed by atoms with Crippen LogP contribution in [0, 0.1) is 17.0 Å². The molecule has 1 aromatic carbocycles. The lowest BCUT2D eigenvalue weighted by molar-refractivity contribution is -0.392. The molecule has 0 aliphatic rings. The average Bonchev–Trinajstić information content (AvgIpc) is 2.89. The molecule has 0 amide bonds. The lowest BCUT2D eigenvalue weighted by Gasteiger charge is -2.11. The standard InChI is InChI=1S/C15H17N3O4S/c1-11(23-13-6-4-3-5-7-13)15(19)22-9-8-17-12(2)16-10-14(17)18(20)21/h3-7,10-11H,8-9H2,1-2H3. The fourth-order valence-electron chi connectivity index (χ4n) is 1.98. The molecular weight excluding hydrogens is 318 g/mol. The van der Waals surface area contributed by atoms with Crippen LogP contribution in [-0.4, -0.2) is 32.3 Å². The Morgan fingerprint density at radius 1 is 1.43 bits per heavy atom. The third-order valence-corrected chi connectivity index (χ3v) is 4.26. The number of nitro groups is 1. The predicted molar refractivity (Wildman–Crippen MR) is 86.3 cm³/mol. The molecular formula is C15H17N3O4S. The SMILES string of the molecule is Cc1ncc([N+](=O)[O-])n1CCOC(=O)C(C)Sc1ccccc1. The van der Waals surface area contributed by atoms with Crippen LogP contribution in [0.2, 0.25) is 0 Å². The maximum Gasteiger partial charge on any atom is 0.342 e. The Hall–Kier alpha value is -2.35. The molecule has 2 rings (SSSR count). The van der Waals surface area contributed by atoms with Crippen molar-refractivity contribution in [2.45, 2.75) is 30.5 Å². The zero-order valence-electron chi connectivity index (χ0n) is 12.8. The summed E-state index contributed by atoms with van der Waals surface area (Å²) in [5.41, 5.74) is 0. The van der Waals surface area contributed by atoms with Crippen molar-refractivity contribution >= 4 is 23.5 Å². The van der Waals surface area contributed by atoms with Crippen LogP contribution in [0.15, 0.2) is 41.4 Å². The van der Waals surface area contributed by atoms with Crippen molar-refractivity contribution in [3.05, 3.63) is 52.5 Å². The minimum atomic E-state index is -0.504. The Balaban J connectivity index is 1.85. The van der Waals surface area contributed by atoms with E-state index in [1.165, 1.54) is 22.5 Å². The van der Waals surface area contributed by atoms with E-state index in [0.29, 0.717) is 5.82 Å². The number of rotatable bonds is 7. The average molecular weight is 335 g/mol. The molecule has 7 nitrogen and oxygen atoms in total. The van der Waals surface area contributed by atoms with E-state index in [-0.39, 0.29) is 30.2 Å². The summed E-state index contributed by atoms with van der Waals surface area (Å²) < 4.78 is 6.63. The second-order valence-electron chi connectivity index (χ2n) is 4.81. The van der Waals surface area contributed by atoms with Crippen LogP contribution >= 0.6 is 11.8 Å². The Morgan fingerprint density at radius 2 is 2.13 bits per heavy atom. The summed E-state index contributed by atoms with van der Waals surface area (Å²) >= 11 is 1.41. The van der Waals surface area contributed by atoms with Crippen molar-refractivity contribution in [3.8, 4) is 0 Å². The molecule has 0 radical (unpaired) electrons. The van der Waals surface area contributed by atoms with Gasteiger partial charge in [0.2, 0.25) is 0 Å². The first-order valence-corrected chi connectivity index (χ1v) is 7.92. The molecule has 0 saturated heterocycles. The fourth-order valence-corrected chi connectivity index (χ4v) is 2.87. The van der Waals surface area contributed by atoms with E-state index in [9.17, 15) is 14.9 Å². The second-order valence-corrected chi connectivity index (χ2v) is 6.23. The van der Waals surface area contributed by atoms with E-state index >= 15 is 0 Å². The molecule has 8 heteroatoms. The molecule has 0 spiro atoms. The quantitative estimate of drug-likeness (QED) is 0.335. The monoisotopic (exact) mass is 335 g/mol. The van der Waals surface area contributed by atoms with Crippen LogP contribution in [0.4, 0.5) is 5.82 Å². The van der Waals surface area contributed by atoms with Gasteiger partial charge in [-0.2, -0.15) is 0 Å². The number of esters is 1. The van der Waals surface area contributed by atoms with Crippen LogP contribution in [0.1, 0.15) is 12.7 Å². The molecule has 0 aliphatic carbocycles. The Kier molecular flexibility index (Phi) is 5.75. The Bertz CT molecular complexity index is 687. The molecule has 1 unspecified atom stereocenters. The van der Waals surface area contributed by atoms with Crippen molar-refractivity contribution < 1.29 is 14.5 Å². The third-order valence-electron chi connectivity index (χ3n) is 3.17. The number of aromatic nitrogens is 2. The predicted octanol–water partition coefficient (Wildman–Crippen LogP) is 2.82. The summed E-state index contributed by atoms with van der Waals surface area (Å²) in [5, 5.41) is 10.5. The number of thioether (sulfide) groups is 1. The summed E-state index contributed by atoms with van der Waals surface area (Å²) in [6, 6.07) is 9.56. The highest BCUT2D eigenvalue weighted by atomic mass is 32.2. The van der Waals surface area contributed by atoms with E-state index in [1.54, 1.807) is 13.8 Å². The summed E-state index contributed by atoms with van der Waals surface area (Å²) in [6.07, 6.45) is 1.20. The Morgan fingerprint density at radius 3 is 2.78 bits per heavy atom. The number of hydrogen-bond acceptors (Lipinski definition) is 6. The minimum Gasteiger partial charge on any atom is -0.461 e. The van der Waals surface area contributed by atoms with Gasteiger partial charge in [0.1, 0.15) is 24.6 Å². The van der Waals surface area contributed by atoms with Gasteiger partial charge in [-0.1, -0.05) is 18.2 Å². The normalized spacial score (nSPS) is 11.9. The van der Waals surface area contributed by atoms with Gasteiger partial charge >= 0.3 is 11.8 Å². The number of imidazole rings is 1. The topological polar surface area (TPSA) is 87.3 Å². The van der Waals surface area contributed by atoms with Crippen LogP contribution < -0.4 is 0 Å². The van der Waals surface area contributed by atoms with Gasteiger partial charge in [-0.3, -0.25) is 4.79 Å². The number of aryl methyl sites for hydroxylation is 1. The Labute approximate surface area is 137 Å². The van der Waals surface area contributed by atoms with Gasteiger partial charge in [0, 0.05) is 11.8 Å². The molecule has 0 aliphatic heterocycles. The number of benzene rings is 1. The van der Waals surface area contributed by atoms with Gasteiger partial charge in [0.15, 0.2) is 5.82 Å². The number of nitrogens with zero attached hydrogens (tertiary/aromatic N) is 3. The number of hydrogen-bond donors (Lipinski definition) is 0. The first kappa shape index (κ1) is 17.0. The molecule has 2 aromatic rings. The number of carbonyl (C=O) groups excluding carboxylic acids is 1. The number of ether oxygens (including phenoxy) is 1. The zero-order chi connectivity index (χ0) is 16.8. The number of carbonyl (C=O) groups is 1. The molecule has 23 heavy (non-hydrogen) atoms. The van der Waals surface area contributed by atoms with Gasteiger partial charge in [0.05, 0.1) is 0 Å². The second kappa shape index (κ2) is 7.77. The van der Waals surface area contributed by atoms with Gasteiger partial charge in [-0.05, 0) is 24.0 Å². The van der Waals surface area contributed by atoms with Gasteiger partial charge in [-0.25, -0.2) is 9.55 Å².